The van der Waals surface area contributed by atoms with Crippen LogP contribution >= 0.6 is 11.5 Å². The molecule has 0 aliphatic carbocycles. The number of phenolic OH excluding ortho intramolecular Hbond substituents is 1. The molecule has 7 nitrogen and oxygen atoms in total. The summed E-state index contributed by atoms with van der Waals surface area (Å²) < 4.78 is 8.60. The van der Waals surface area contributed by atoms with Crippen molar-refractivity contribution >= 4 is 23.7 Å². The van der Waals surface area contributed by atoms with Crippen LogP contribution in [0.2, 0.25) is 0 Å². The number of benzene rings is 1. The molecule has 0 saturated carbocycles. The summed E-state index contributed by atoms with van der Waals surface area (Å²) in [5, 5.41) is 17.2. The molecule has 20 heavy (non-hydrogen) atoms. The summed E-state index contributed by atoms with van der Waals surface area (Å²) in [6.07, 6.45) is 1.42. The van der Waals surface area contributed by atoms with Crippen LogP contribution in [-0.2, 0) is 0 Å². The maximum atomic E-state index is 11.7. The van der Waals surface area contributed by atoms with Gasteiger partial charge in [0.15, 0.2) is 11.5 Å². The molecule has 0 radical (unpaired) electrons. The van der Waals surface area contributed by atoms with Crippen LogP contribution in [0, 0.1) is 6.92 Å². The average molecular weight is 292 g/mol. The third kappa shape index (κ3) is 3.09. The summed E-state index contributed by atoms with van der Waals surface area (Å²) >= 11 is 1.01. The van der Waals surface area contributed by atoms with Crippen molar-refractivity contribution in [3.63, 3.8) is 0 Å². The molecule has 0 aliphatic heterocycles. The molecule has 1 heterocycles. The maximum Gasteiger partial charge on any atom is 0.285 e. The Bertz CT molecular complexity index is 654. The first-order valence-electron chi connectivity index (χ1n) is 5.61. The Kier molecular flexibility index (Phi) is 4.26. The van der Waals surface area contributed by atoms with E-state index in [0.717, 1.165) is 11.5 Å². The van der Waals surface area contributed by atoms with Gasteiger partial charge in [0.2, 0.25) is 0 Å². The third-order valence-corrected chi connectivity index (χ3v) is 3.27. The molecule has 8 heteroatoms. The van der Waals surface area contributed by atoms with Gasteiger partial charge in [-0.2, -0.15) is 5.10 Å². The Morgan fingerprint density at radius 3 is 2.95 bits per heavy atom. The molecule has 0 aliphatic rings. The van der Waals surface area contributed by atoms with Crippen LogP contribution in [0.4, 0.5) is 0 Å². The lowest BCUT2D eigenvalue weighted by Gasteiger charge is -2.03. The molecular weight excluding hydrogens is 280 g/mol. The van der Waals surface area contributed by atoms with Crippen LogP contribution in [-0.4, -0.2) is 33.9 Å². The quantitative estimate of drug-likeness (QED) is 0.654. The van der Waals surface area contributed by atoms with Crippen LogP contribution in [0.5, 0.6) is 11.5 Å². The molecule has 2 aromatic rings. The first-order chi connectivity index (χ1) is 9.61. The van der Waals surface area contributed by atoms with Crippen LogP contribution in [0.1, 0.15) is 20.9 Å². The number of nitrogens with zero attached hydrogens (tertiary/aromatic N) is 3. The number of amides is 1. The number of hydrazone groups is 1. The highest BCUT2D eigenvalue weighted by Crippen LogP contribution is 2.25. The molecule has 0 unspecified atom stereocenters. The monoisotopic (exact) mass is 292 g/mol. The second-order valence-electron chi connectivity index (χ2n) is 3.82. The summed E-state index contributed by atoms with van der Waals surface area (Å²) in [6.45, 7) is 1.70. The van der Waals surface area contributed by atoms with E-state index in [0.29, 0.717) is 21.9 Å². The molecule has 0 fully saturated rings. The van der Waals surface area contributed by atoms with E-state index in [2.05, 4.69) is 20.1 Å². The van der Waals surface area contributed by atoms with Gasteiger partial charge in [-0.15, -0.1) is 5.10 Å². The van der Waals surface area contributed by atoms with Gasteiger partial charge >= 0.3 is 0 Å². The zero-order valence-electron chi connectivity index (χ0n) is 10.8. The first-order valence-corrected chi connectivity index (χ1v) is 6.38. The smallest absolute Gasteiger partial charge is 0.285 e. The minimum Gasteiger partial charge on any atom is -0.504 e. The number of carbonyl (C=O) groups is 1. The zero-order valence-corrected chi connectivity index (χ0v) is 11.6. The van der Waals surface area contributed by atoms with E-state index in [-0.39, 0.29) is 11.7 Å². The SMILES string of the molecule is COc1ccc(C=NNC(=O)c2snnc2C)cc1O. The van der Waals surface area contributed by atoms with Crippen molar-refractivity contribution in [2.75, 3.05) is 7.11 Å². The summed E-state index contributed by atoms with van der Waals surface area (Å²) in [5.41, 5.74) is 3.56. The topological polar surface area (TPSA) is 96.7 Å². The summed E-state index contributed by atoms with van der Waals surface area (Å²) in [4.78, 5) is 12.1. The largest absolute Gasteiger partial charge is 0.504 e. The molecule has 0 bridgehead atoms. The molecule has 0 atom stereocenters. The van der Waals surface area contributed by atoms with E-state index in [4.69, 9.17) is 4.74 Å². The Labute approximate surface area is 119 Å². The van der Waals surface area contributed by atoms with Gasteiger partial charge in [0, 0.05) is 0 Å². The van der Waals surface area contributed by atoms with E-state index < -0.39 is 0 Å². The highest BCUT2D eigenvalue weighted by atomic mass is 32.1. The van der Waals surface area contributed by atoms with Crippen LogP contribution in [0.15, 0.2) is 23.3 Å². The number of ether oxygens (including phenoxy) is 1. The van der Waals surface area contributed by atoms with Crippen molar-refractivity contribution in [1.82, 2.24) is 15.0 Å². The highest BCUT2D eigenvalue weighted by Gasteiger charge is 2.11. The number of rotatable bonds is 4. The van der Waals surface area contributed by atoms with E-state index in [9.17, 15) is 9.90 Å². The predicted octanol–water partition coefficient (Wildman–Crippen LogP) is 1.32. The molecule has 1 amide bonds. The second-order valence-corrected chi connectivity index (χ2v) is 4.57. The normalized spacial score (nSPS) is 10.7. The van der Waals surface area contributed by atoms with Gasteiger partial charge in [0.1, 0.15) is 4.88 Å². The maximum absolute atomic E-state index is 11.7. The molecule has 0 saturated heterocycles. The van der Waals surface area contributed by atoms with Crippen LogP contribution in [0.25, 0.3) is 0 Å². The number of aromatic nitrogens is 2. The van der Waals surface area contributed by atoms with Gasteiger partial charge in [-0.3, -0.25) is 4.79 Å². The van der Waals surface area contributed by atoms with Crippen molar-refractivity contribution in [3.05, 3.63) is 34.3 Å². The fourth-order valence-corrected chi connectivity index (χ4v) is 1.99. The van der Waals surface area contributed by atoms with E-state index in [1.54, 1.807) is 19.1 Å². The standard InChI is InChI=1S/C12H12N4O3S/c1-7-11(20-16-14-7)12(18)15-13-6-8-3-4-10(19-2)9(17)5-8/h3-6,17H,1-2H3,(H,15,18). The Morgan fingerprint density at radius 2 is 2.35 bits per heavy atom. The minimum absolute atomic E-state index is 0.00489. The van der Waals surface area contributed by atoms with Crippen LogP contribution in [0.3, 0.4) is 0 Å². The number of carbonyl (C=O) groups excluding carboxylic acids is 1. The molecule has 0 spiro atoms. The number of hydrogen-bond acceptors (Lipinski definition) is 7. The number of aromatic hydroxyl groups is 1. The molecule has 2 N–H and O–H groups in total. The number of hydrogen-bond donors (Lipinski definition) is 2. The third-order valence-electron chi connectivity index (χ3n) is 2.44. The molecule has 1 aromatic carbocycles. The van der Waals surface area contributed by atoms with Gasteiger partial charge in [-0.25, -0.2) is 5.43 Å². The fraction of sp³-hybridized carbons (Fsp3) is 0.167. The van der Waals surface area contributed by atoms with Crippen LogP contribution < -0.4 is 10.2 Å². The Hall–Kier alpha value is -2.48. The zero-order chi connectivity index (χ0) is 14.5. The van der Waals surface area contributed by atoms with E-state index >= 15 is 0 Å². The van der Waals surface area contributed by atoms with E-state index in [1.807, 2.05) is 0 Å². The van der Waals surface area contributed by atoms with Crippen molar-refractivity contribution in [2.24, 2.45) is 5.10 Å². The van der Waals surface area contributed by atoms with Gasteiger partial charge in [-0.1, -0.05) is 4.49 Å². The van der Waals surface area contributed by atoms with Crippen molar-refractivity contribution in [3.8, 4) is 11.5 Å². The predicted molar refractivity (Wildman–Crippen MR) is 74.4 cm³/mol. The summed E-state index contributed by atoms with van der Waals surface area (Å²) in [6, 6.07) is 4.79. The fourth-order valence-electron chi connectivity index (χ4n) is 1.44. The first kappa shape index (κ1) is 13.9. The van der Waals surface area contributed by atoms with Crippen molar-refractivity contribution in [1.29, 1.82) is 0 Å². The molecule has 2 rings (SSSR count). The number of aryl methyl sites for hydroxylation is 1. The van der Waals surface area contributed by atoms with Gasteiger partial charge in [-0.05, 0) is 42.2 Å². The van der Waals surface area contributed by atoms with Crippen molar-refractivity contribution in [2.45, 2.75) is 6.92 Å². The Morgan fingerprint density at radius 1 is 1.55 bits per heavy atom. The lowest BCUT2D eigenvalue weighted by atomic mass is 10.2. The van der Waals surface area contributed by atoms with Gasteiger partial charge < -0.3 is 9.84 Å². The highest BCUT2D eigenvalue weighted by molar-refractivity contribution is 7.07. The minimum atomic E-state index is -0.369. The number of nitrogens with one attached hydrogen (secondary N) is 1. The lowest BCUT2D eigenvalue weighted by molar-refractivity contribution is 0.0958. The van der Waals surface area contributed by atoms with E-state index in [1.165, 1.54) is 19.4 Å². The number of methoxy groups -OCH3 is 1. The van der Waals surface area contributed by atoms with Gasteiger partial charge in [0.05, 0.1) is 19.0 Å². The summed E-state index contributed by atoms with van der Waals surface area (Å²) in [7, 11) is 1.47. The van der Waals surface area contributed by atoms with Crippen molar-refractivity contribution < 1.29 is 14.6 Å². The summed E-state index contributed by atoms with van der Waals surface area (Å²) in [5.74, 6) is 0.00862. The van der Waals surface area contributed by atoms with Gasteiger partial charge in [0.25, 0.3) is 5.91 Å². The molecule has 1 aromatic heterocycles. The Balaban J connectivity index is 2.02. The molecular formula is C12H12N4O3S. The molecule has 104 valence electrons. The average Bonchev–Trinajstić information content (AvgIpc) is 2.85. The number of phenols is 1. The lowest BCUT2D eigenvalue weighted by Crippen LogP contribution is -2.17. The second kappa shape index (κ2) is 6.11.